The summed E-state index contributed by atoms with van der Waals surface area (Å²) >= 11 is 0. The van der Waals surface area contributed by atoms with Gasteiger partial charge in [0, 0.05) is 31.2 Å². The Morgan fingerprint density at radius 2 is 1.64 bits per heavy atom. The van der Waals surface area contributed by atoms with Crippen LogP contribution in [-0.4, -0.2) is 52.6 Å². The molecule has 0 saturated carbocycles. The van der Waals surface area contributed by atoms with Gasteiger partial charge in [-0.05, 0) is 43.3 Å². The monoisotopic (exact) mass is 388 g/mol. The molecule has 2 rings (SSSR count). The molecule has 152 valence electrons. The molecule has 0 aliphatic carbocycles. The number of rotatable bonds is 13. The highest BCUT2D eigenvalue weighted by atomic mass is 16.5. The van der Waals surface area contributed by atoms with Gasteiger partial charge in [-0.1, -0.05) is 6.07 Å². The van der Waals surface area contributed by atoms with E-state index in [-0.39, 0.29) is 12.5 Å². The van der Waals surface area contributed by atoms with Crippen molar-refractivity contribution in [3.8, 4) is 11.5 Å². The SMILES string of the molecule is CCOCCOc1ccc(NCC(=O)Nc2cccc(OCCOC)c2)cc1. The molecule has 0 bridgehead atoms. The minimum absolute atomic E-state index is 0.147. The second-order valence-electron chi connectivity index (χ2n) is 5.84. The topological polar surface area (TPSA) is 78.1 Å². The molecule has 0 atom stereocenters. The lowest BCUT2D eigenvalue weighted by Crippen LogP contribution is -2.21. The predicted octanol–water partition coefficient (Wildman–Crippen LogP) is 3.18. The highest BCUT2D eigenvalue weighted by molar-refractivity contribution is 5.93. The van der Waals surface area contributed by atoms with Crippen molar-refractivity contribution in [3.05, 3.63) is 48.5 Å². The molecule has 2 aromatic carbocycles. The van der Waals surface area contributed by atoms with E-state index in [9.17, 15) is 4.79 Å². The van der Waals surface area contributed by atoms with Crippen LogP contribution in [0.25, 0.3) is 0 Å². The van der Waals surface area contributed by atoms with E-state index in [0.717, 1.165) is 11.4 Å². The highest BCUT2D eigenvalue weighted by Gasteiger charge is 2.04. The van der Waals surface area contributed by atoms with Gasteiger partial charge in [-0.2, -0.15) is 0 Å². The first-order valence-electron chi connectivity index (χ1n) is 9.27. The lowest BCUT2D eigenvalue weighted by molar-refractivity contribution is -0.114. The van der Waals surface area contributed by atoms with Crippen LogP contribution in [-0.2, 0) is 14.3 Å². The molecule has 0 radical (unpaired) electrons. The number of hydrogen-bond acceptors (Lipinski definition) is 6. The molecule has 2 N–H and O–H groups in total. The van der Waals surface area contributed by atoms with Crippen molar-refractivity contribution in [1.29, 1.82) is 0 Å². The third-order valence-corrected chi connectivity index (χ3v) is 3.68. The Morgan fingerprint density at radius 3 is 2.39 bits per heavy atom. The van der Waals surface area contributed by atoms with E-state index >= 15 is 0 Å². The maximum atomic E-state index is 12.2. The van der Waals surface area contributed by atoms with Crippen LogP contribution in [0.1, 0.15) is 6.92 Å². The van der Waals surface area contributed by atoms with Gasteiger partial charge in [0.25, 0.3) is 0 Å². The largest absolute Gasteiger partial charge is 0.491 e. The zero-order chi connectivity index (χ0) is 20.0. The molecule has 0 fully saturated rings. The minimum Gasteiger partial charge on any atom is -0.491 e. The molecular weight excluding hydrogens is 360 g/mol. The zero-order valence-corrected chi connectivity index (χ0v) is 16.4. The number of carbonyl (C=O) groups excluding carboxylic acids is 1. The van der Waals surface area contributed by atoms with Crippen molar-refractivity contribution in [1.82, 2.24) is 0 Å². The number of amides is 1. The number of nitrogens with one attached hydrogen (secondary N) is 2. The first kappa shape index (κ1) is 21.5. The van der Waals surface area contributed by atoms with Crippen LogP contribution in [0.15, 0.2) is 48.5 Å². The van der Waals surface area contributed by atoms with Crippen LogP contribution < -0.4 is 20.1 Å². The number of methoxy groups -OCH3 is 1. The second kappa shape index (κ2) is 12.6. The van der Waals surface area contributed by atoms with Crippen LogP contribution in [0.5, 0.6) is 11.5 Å². The number of hydrogen-bond donors (Lipinski definition) is 2. The van der Waals surface area contributed by atoms with Gasteiger partial charge in [0.15, 0.2) is 0 Å². The van der Waals surface area contributed by atoms with E-state index in [2.05, 4.69) is 10.6 Å². The Hall–Kier alpha value is -2.77. The summed E-state index contributed by atoms with van der Waals surface area (Å²) in [6.45, 7) is 4.83. The summed E-state index contributed by atoms with van der Waals surface area (Å²) in [7, 11) is 1.62. The van der Waals surface area contributed by atoms with Gasteiger partial charge in [0.05, 0.1) is 19.8 Å². The van der Waals surface area contributed by atoms with E-state index in [0.29, 0.717) is 44.5 Å². The molecule has 0 aromatic heterocycles. The molecule has 0 aliphatic heterocycles. The molecule has 2 aromatic rings. The Morgan fingerprint density at radius 1 is 0.893 bits per heavy atom. The van der Waals surface area contributed by atoms with Gasteiger partial charge >= 0.3 is 0 Å². The standard InChI is InChI=1S/C21H28N2O5/c1-3-26-12-14-27-19-9-7-17(8-10-19)22-16-21(24)23-18-5-4-6-20(15-18)28-13-11-25-2/h4-10,15,22H,3,11-14,16H2,1-2H3,(H,23,24). The van der Waals surface area contributed by atoms with E-state index in [1.54, 1.807) is 13.2 Å². The van der Waals surface area contributed by atoms with Crippen LogP contribution >= 0.6 is 0 Å². The van der Waals surface area contributed by atoms with Crippen LogP contribution in [0.3, 0.4) is 0 Å². The van der Waals surface area contributed by atoms with Crippen molar-refractivity contribution in [2.75, 3.05) is 57.3 Å². The van der Waals surface area contributed by atoms with Gasteiger partial charge in [0.2, 0.25) is 5.91 Å². The van der Waals surface area contributed by atoms with E-state index in [1.165, 1.54) is 0 Å². The summed E-state index contributed by atoms with van der Waals surface area (Å²) < 4.78 is 21.3. The lowest BCUT2D eigenvalue weighted by Gasteiger charge is -2.11. The summed E-state index contributed by atoms with van der Waals surface area (Å²) in [4.78, 5) is 12.2. The van der Waals surface area contributed by atoms with E-state index in [4.69, 9.17) is 18.9 Å². The van der Waals surface area contributed by atoms with Gasteiger partial charge in [-0.3, -0.25) is 4.79 Å². The summed E-state index contributed by atoms with van der Waals surface area (Å²) in [6.07, 6.45) is 0. The first-order valence-corrected chi connectivity index (χ1v) is 9.27. The van der Waals surface area contributed by atoms with E-state index < -0.39 is 0 Å². The van der Waals surface area contributed by atoms with Crippen LogP contribution in [0.4, 0.5) is 11.4 Å². The van der Waals surface area contributed by atoms with Gasteiger partial charge in [0.1, 0.15) is 24.7 Å². The van der Waals surface area contributed by atoms with Crippen molar-refractivity contribution in [2.24, 2.45) is 0 Å². The van der Waals surface area contributed by atoms with Crippen molar-refractivity contribution < 1.29 is 23.7 Å². The quantitative estimate of drug-likeness (QED) is 0.513. The fourth-order valence-corrected chi connectivity index (χ4v) is 2.33. The lowest BCUT2D eigenvalue weighted by atomic mass is 10.3. The molecule has 0 aliphatic rings. The molecule has 28 heavy (non-hydrogen) atoms. The summed E-state index contributed by atoms with van der Waals surface area (Å²) in [6, 6.07) is 14.7. The molecule has 7 nitrogen and oxygen atoms in total. The minimum atomic E-state index is -0.147. The molecule has 0 heterocycles. The average molecular weight is 388 g/mol. The maximum absolute atomic E-state index is 12.2. The molecule has 0 saturated heterocycles. The zero-order valence-electron chi connectivity index (χ0n) is 16.4. The Bertz CT molecular complexity index is 706. The average Bonchev–Trinajstić information content (AvgIpc) is 2.71. The summed E-state index contributed by atoms with van der Waals surface area (Å²) in [5.74, 6) is 1.30. The van der Waals surface area contributed by atoms with Crippen molar-refractivity contribution >= 4 is 17.3 Å². The van der Waals surface area contributed by atoms with Crippen LogP contribution in [0.2, 0.25) is 0 Å². The third kappa shape index (κ3) is 8.28. The number of anilines is 2. The van der Waals surface area contributed by atoms with E-state index in [1.807, 2.05) is 49.4 Å². The smallest absolute Gasteiger partial charge is 0.243 e. The predicted molar refractivity (Wildman–Crippen MR) is 109 cm³/mol. The van der Waals surface area contributed by atoms with Crippen molar-refractivity contribution in [2.45, 2.75) is 6.92 Å². The van der Waals surface area contributed by atoms with Gasteiger partial charge < -0.3 is 29.6 Å². The fraction of sp³-hybridized carbons (Fsp3) is 0.381. The van der Waals surface area contributed by atoms with Gasteiger partial charge in [-0.25, -0.2) is 0 Å². The first-order chi connectivity index (χ1) is 13.7. The van der Waals surface area contributed by atoms with Crippen molar-refractivity contribution in [3.63, 3.8) is 0 Å². The summed E-state index contributed by atoms with van der Waals surface area (Å²) in [5, 5.41) is 5.93. The number of ether oxygens (including phenoxy) is 4. The molecule has 0 unspecified atom stereocenters. The molecule has 0 spiro atoms. The number of benzene rings is 2. The Labute approximate surface area is 165 Å². The molecular formula is C21H28N2O5. The Kier molecular flexibility index (Phi) is 9.68. The highest BCUT2D eigenvalue weighted by Crippen LogP contribution is 2.18. The van der Waals surface area contributed by atoms with Gasteiger partial charge in [-0.15, -0.1) is 0 Å². The van der Waals surface area contributed by atoms with Crippen LogP contribution in [0, 0.1) is 0 Å². The molecule has 1 amide bonds. The third-order valence-electron chi connectivity index (χ3n) is 3.68. The Balaban J connectivity index is 1.74. The summed E-state index contributed by atoms with van der Waals surface area (Å²) in [5.41, 5.74) is 1.52. The maximum Gasteiger partial charge on any atom is 0.243 e. The molecule has 7 heteroatoms. The number of carbonyl (C=O) groups is 1. The second-order valence-corrected chi connectivity index (χ2v) is 5.84. The normalized spacial score (nSPS) is 10.4. The fourth-order valence-electron chi connectivity index (χ4n) is 2.33.